The molecule has 21 heavy (non-hydrogen) atoms. The van der Waals surface area contributed by atoms with E-state index in [4.69, 9.17) is 4.99 Å². The molecule has 2 fully saturated rings. The highest BCUT2D eigenvalue weighted by Gasteiger charge is 2.37. The molecule has 1 heterocycles. The molecule has 1 aliphatic heterocycles. The van der Waals surface area contributed by atoms with Crippen molar-refractivity contribution < 1.29 is 5.11 Å². The van der Waals surface area contributed by atoms with Gasteiger partial charge in [0.2, 0.25) is 0 Å². The number of aliphatic imine (C=N–C) groups is 1. The van der Waals surface area contributed by atoms with Gasteiger partial charge >= 0.3 is 0 Å². The van der Waals surface area contributed by atoms with E-state index in [9.17, 15) is 5.11 Å². The summed E-state index contributed by atoms with van der Waals surface area (Å²) >= 11 is 0. The van der Waals surface area contributed by atoms with Crippen LogP contribution in [0.2, 0.25) is 0 Å². The average Bonchev–Trinajstić information content (AvgIpc) is 2.86. The molecule has 0 aromatic heterocycles. The molecule has 124 valence electrons. The minimum Gasteiger partial charge on any atom is -0.388 e. The number of aliphatic hydroxyl groups is 1. The predicted octanol–water partition coefficient (Wildman–Crippen LogP) is 3.00. The summed E-state index contributed by atoms with van der Waals surface area (Å²) in [6.07, 6.45) is 6.69. The van der Waals surface area contributed by atoms with Crippen molar-refractivity contribution in [2.24, 2.45) is 10.4 Å². The lowest BCUT2D eigenvalue weighted by Gasteiger charge is -2.35. The molecule has 0 radical (unpaired) electrons. The fraction of sp³-hybridized carbons (Fsp3) is 0.938. The van der Waals surface area contributed by atoms with Crippen LogP contribution in [0.1, 0.15) is 59.3 Å². The van der Waals surface area contributed by atoms with E-state index < -0.39 is 5.60 Å². The van der Waals surface area contributed by atoms with E-state index in [1.165, 1.54) is 19.3 Å². The van der Waals surface area contributed by atoms with Crippen LogP contribution < -0.4 is 5.32 Å². The molecule has 0 unspecified atom stereocenters. The van der Waals surface area contributed by atoms with Gasteiger partial charge in [0, 0.05) is 19.6 Å². The number of guanidine groups is 1. The number of hydrogen-bond donors (Lipinski definition) is 2. The zero-order valence-corrected chi connectivity index (χ0v) is 16.2. The Morgan fingerprint density at radius 1 is 1.19 bits per heavy atom. The van der Waals surface area contributed by atoms with Crippen molar-refractivity contribution in [3.8, 4) is 0 Å². The highest BCUT2D eigenvalue weighted by atomic mass is 127. The monoisotopic (exact) mass is 409 g/mol. The summed E-state index contributed by atoms with van der Waals surface area (Å²) in [4.78, 5) is 7.09. The summed E-state index contributed by atoms with van der Waals surface area (Å²) in [7, 11) is 0. The molecule has 0 amide bonds. The molecule has 0 aromatic carbocycles. The van der Waals surface area contributed by atoms with E-state index in [1.807, 2.05) is 0 Å². The summed E-state index contributed by atoms with van der Waals surface area (Å²) in [5.74, 6) is 0.997. The minimum atomic E-state index is -0.521. The summed E-state index contributed by atoms with van der Waals surface area (Å²) in [6.45, 7) is 10.3. The maximum atomic E-state index is 10.2. The fourth-order valence-electron chi connectivity index (χ4n) is 3.33. The van der Waals surface area contributed by atoms with E-state index in [1.54, 1.807) is 0 Å². The second kappa shape index (κ2) is 7.99. The first kappa shape index (κ1) is 19.0. The van der Waals surface area contributed by atoms with Gasteiger partial charge in [-0.05, 0) is 50.9 Å². The van der Waals surface area contributed by atoms with Crippen LogP contribution >= 0.6 is 24.0 Å². The lowest BCUT2D eigenvalue weighted by atomic mass is 9.80. The molecule has 1 aliphatic carbocycles. The Labute approximate surface area is 146 Å². The summed E-state index contributed by atoms with van der Waals surface area (Å²) in [6, 6.07) is 0. The van der Waals surface area contributed by atoms with Crippen molar-refractivity contribution in [1.82, 2.24) is 10.2 Å². The van der Waals surface area contributed by atoms with E-state index in [0.717, 1.165) is 44.9 Å². The molecule has 5 heteroatoms. The van der Waals surface area contributed by atoms with Crippen LogP contribution in [0.4, 0.5) is 0 Å². The maximum absolute atomic E-state index is 10.2. The number of hydrogen-bond acceptors (Lipinski definition) is 2. The third-order valence-corrected chi connectivity index (χ3v) is 5.38. The van der Waals surface area contributed by atoms with Gasteiger partial charge in [-0.25, -0.2) is 0 Å². The Balaban J connectivity index is 0.00000220. The van der Waals surface area contributed by atoms with Gasteiger partial charge in [-0.15, -0.1) is 24.0 Å². The van der Waals surface area contributed by atoms with Gasteiger partial charge in [0.05, 0.1) is 12.1 Å². The minimum absolute atomic E-state index is 0. The smallest absolute Gasteiger partial charge is 0.194 e. The highest BCUT2D eigenvalue weighted by molar-refractivity contribution is 14.0. The van der Waals surface area contributed by atoms with E-state index >= 15 is 0 Å². The van der Waals surface area contributed by atoms with Crippen molar-refractivity contribution >= 4 is 29.9 Å². The predicted molar refractivity (Wildman–Crippen MR) is 99.4 cm³/mol. The molecular formula is C16H32IN3O. The maximum Gasteiger partial charge on any atom is 0.194 e. The Morgan fingerprint density at radius 2 is 1.86 bits per heavy atom. The zero-order chi connectivity index (χ0) is 14.6. The Hall–Kier alpha value is -0.0400. The van der Waals surface area contributed by atoms with Crippen LogP contribution in [0.5, 0.6) is 0 Å². The van der Waals surface area contributed by atoms with Crippen molar-refractivity contribution in [3.63, 3.8) is 0 Å². The van der Waals surface area contributed by atoms with Gasteiger partial charge < -0.3 is 15.3 Å². The molecule has 4 nitrogen and oxygen atoms in total. The topological polar surface area (TPSA) is 47.9 Å². The van der Waals surface area contributed by atoms with Crippen LogP contribution in [0.15, 0.2) is 4.99 Å². The molecule has 1 saturated carbocycles. The number of likely N-dealkylation sites (tertiary alicyclic amines) is 1. The lowest BCUT2D eigenvalue weighted by Crippen LogP contribution is -2.44. The Morgan fingerprint density at radius 3 is 2.29 bits per heavy atom. The molecule has 1 saturated heterocycles. The van der Waals surface area contributed by atoms with Gasteiger partial charge in [-0.3, -0.25) is 4.99 Å². The van der Waals surface area contributed by atoms with Crippen LogP contribution in [0.25, 0.3) is 0 Å². The van der Waals surface area contributed by atoms with Crippen molar-refractivity contribution in [3.05, 3.63) is 0 Å². The first-order valence-electron chi connectivity index (χ1n) is 8.32. The summed E-state index contributed by atoms with van der Waals surface area (Å²) < 4.78 is 0. The molecule has 2 rings (SSSR count). The number of nitrogens with one attached hydrogen (secondary N) is 1. The van der Waals surface area contributed by atoms with Crippen molar-refractivity contribution in [2.75, 3.05) is 26.2 Å². The fourth-order valence-corrected chi connectivity index (χ4v) is 3.33. The largest absolute Gasteiger partial charge is 0.388 e. The summed E-state index contributed by atoms with van der Waals surface area (Å²) in [5.41, 5.74) is -0.0590. The van der Waals surface area contributed by atoms with Crippen LogP contribution in [0, 0.1) is 5.41 Å². The SMILES string of the molecule is CCNC(=NCC1(O)CCC1)N1CCC(CC)(CC)C1.I. The van der Waals surface area contributed by atoms with Crippen LogP contribution in [-0.4, -0.2) is 47.7 Å². The van der Waals surface area contributed by atoms with Gasteiger partial charge in [0.15, 0.2) is 5.96 Å². The summed E-state index contributed by atoms with van der Waals surface area (Å²) in [5, 5.41) is 13.6. The zero-order valence-electron chi connectivity index (χ0n) is 13.8. The van der Waals surface area contributed by atoms with E-state index in [-0.39, 0.29) is 24.0 Å². The molecule has 2 aliphatic rings. The highest BCUT2D eigenvalue weighted by Crippen LogP contribution is 2.37. The van der Waals surface area contributed by atoms with E-state index in [0.29, 0.717) is 12.0 Å². The standard InChI is InChI=1S/C16H31N3O.HI/c1-4-15(5-2)10-11-19(13-15)14(17-6-3)18-12-16(20)8-7-9-16;/h20H,4-13H2,1-3H3,(H,17,18);1H. The molecule has 2 N–H and O–H groups in total. The molecule has 0 bridgehead atoms. The van der Waals surface area contributed by atoms with Gasteiger partial charge in [-0.2, -0.15) is 0 Å². The first-order chi connectivity index (χ1) is 9.56. The number of halogens is 1. The Bertz CT molecular complexity index is 351. The quantitative estimate of drug-likeness (QED) is 0.417. The average molecular weight is 409 g/mol. The van der Waals surface area contributed by atoms with Gasteiger partial charge in [-0.1, -0.05) is 13.8 Å². The third-order valence-electron chi connectivity index (χ3n) is 5.38. The van der Waals surface area contributed by atoms with Crippen LogP contribution in [-0.2, 0) is 0 Å². The second-order valence-corrected chi connectivity index (χ2v) is 6.63. The first-order valence-corrected chi connectivity index (χ1v) is 8.32. The number of rotatable bonds is 5. The van der Waals surface area contributed by atoms with E-state index in [2.05, 4.69) is 31.0 Å². The Kier molecular flexibility index (Phi) is 7.24. The third kappa shape index (κ3) is 4.47. The van der Waals surface area contributed by atoms with Crippen LogP contribution in [0.3, 0.4) is 0 Å². The van der Waals surface area contributed by atoms with Gasteiger partial charge in [0.1, 0.15) is 0 Å². The lowest BCUT2D eigenvalue weighted by molar-refractivity contribution is -0.0237. The second-order valence-electron chi connectivity index (χ2n) is 6.63. The molecule has 0 aromatic rings. The number of nitrogens with zero attached hydrogens (tertiary/aromatic N) is 2. The molecule has 0 spiro atoms. The molecular weight excluding hydrogens is 377 g/mol. The van der Waals surface area contributed by atoms with Crippen molar-refractivity contribution in [1.29, 1.82) is 0 Å². The van der Waals surface area contributed by atoms with Crippen molar-refractivity contribution in [2.45, 2.75) is 64.9 Å². The van der Waals surface area contributed by atoms with Gasteiger partial charge in [0.25, 0.3) is 0 Å². The normalized spacial score (nSPS) is 23.4. The molecule has 0 atom stereocenters.